The number of hydrogen-bond acceptors (Lipinski definition) is 8. The minimum Gasteiger partial charge on any atom is -0.462 e. The van der Waals surface area contributed by atoms with Gasteiger partial charge in [0.05, 0.1) is 13.2 Å². The highest BCUT2D eigenvalue weighted by atomic mass is 31.2. The van der Waals surface area contributed by atoms with Crippen LogP contribution in [0.4, 0.5) is 0 Å². The molecule has 0 spiro atoms. The molecule has 0 fully saturated rings. The molecule has 10 heteroatoms. The fourth-order valence-corrected chi connectivity index (χ4v) is 10.2. The van der Waals surface area contributed by atoms with E-state index in [9.17, 15) is 19.0 Å². The highest BCUT2D eigenvalue weighted by Gasteiger charge is 2.26. The lowest BCUT2D eigenvalue weighted by molar-refractivity contribution is -0.161. The van der Waals surface area contributed by atoms with Crippen LogP contribution in [0.2, 0.25) is 0 Å². The van der Waals surface area contributed by atoms with E-state index in [1.165, 1.54) is 38.5 Å². The summed E-state index contributed by atoms with van der Waals surface area (Å²) in [6, 6.07) is 0. The molecule has 0 aliphatic heterocycles. The van der Waals surface area contributed by atoms with E-state index in [0.717, 1.165) is 180 Å². The first-order chi connectivity index (χ1) is 49.8. The van der Waals surface area contributed by atoms with Gasteiger partial charge in [0, 0.05) is 19.4 Å². The SMILES string of the molecule is CC/C=C\C/C=C\C/C=C\C/C=C\C/C=C\C/C=C\C/C=C\C/C=C\C/C=C\C/C=C\C/C=C\C/C=C\CCCCC(=O)OC(COC(=O)CCCCCCCCCCCC/C=C\C/C=C\C/C=C\C/C=C\C/C=C\C/C=C\C/C=C\C/C=C\C/C=C\C/C=C\CC)COP(=O)(O)OCCN. The molecule has 560 valence electrons. The van der Waals surface area contributed by atoms with Crippen LogP contribution in [0.15, 0.2) is 267 Å². The predicted molar refractivity (Wildman–Crippen MR) is 439 cm³/mol. The number of unbranched alkanes of at least 4 members (excludes halogenated alkanes) is 12. The standard InChI is InChI=1S/C91H138NO8P/c1-3-5-7-9-11-13-15-17-19-21-23-25-27-29-31-33-35-37-39-41-43-44-46-47-49-51-53-55-57-59-61-63-65-67-69-71-73-75-77-79-81-83-90(93)97-87-89(88-99-101(95,96)98-86-85-92)100-91(94)84-82-80-78-76-74-72-70-68-66-64-62-60-58-56-54-52-50-48-45-42-40-38-36-34-32-30-28-26-24-22-20-18-16-14-12-10-8-6-4-2/h5-8,11-14,17-20,23-26,29-32,35-38,41-43,45-47,50-53,56-59,62,64,68,70,74,76,89H,3-4,9-10,15-16,21-22,27-28,33-34,39-40,44,48-49,54-55,60-61,63,65-67,69,71-73,75,77-88,92H2,1-2H3,(H,95,96)/b7-5-,8-6-,13-11-,14-12-,19-17-,20-18-,25-23-,26-24-,31-29-,32-30-,37-35-,38-36-,43-41-,45-42-,47-46-,52-50-,53-51-,58-56-,59-57-,64-62-,70-68-,76-74-. The van der Waals surface area contributed by atoms with E-state index < -0.39 is 32.5 Å². The number of phosphoric acid groups is 1. The summed E-state index contributed by atoms with van der Waals surface area (Å²) in [4.78, 5) is 35.4. The van der Waals surface area contributed by atoms with Gasteiger partial charge in [0.25, 0.3) is 0 Å². The number of hydrogen-bond donors (Lipinski definition) is 2. The summed E-state index contributed by atoms with van der Waals surface area (Å²) < 4.78 is 33.2. The number of carbonyl (C=O) groups is 2. The van der Waals surface area contributed by atoms with Crippen molar-refractivity contribution in [3.05, 3.63) is 267 Å². The Kier molecular flexibility index (Phi) is 76.8. The van der Waals surface area contributed by atoms with Crippen molar-refractivity contribution in [2.45, 2.75) is 264 Å². The van der Waals surface area contributed by atoms with Gasteiger partial charge in [-0.1, -0.05) is 333 Å². The molecule has 2 unspecified atom stereocenters. The summed E-state index contributed by atoms with van der Waals surface area (Å²) in [7, 11) is -4.43. The average Bonchev–Trinajstić information content (AvgIpc) is 1.01. The molecule has 2 atom stereocenters. The Morgan fingerprint density at radius 1 is 0.297 bits per heavy atom. The van der Waals surface area contributed by atoms with Crippen molar-refractivity contribution in [2.75, 3.05) is 26.4 Å². The zero-order chi connectivity index (χ0) is 72.9. The third-order valence-corrected chi connectivity index (χ3v) is 16.1. The molecular weight excluding hydrogens is 1270 g/mol. The molecule has 0 aromatic heterocycles. The fourth-order valence-electron chi connectivity index (χ4n) is 9.47. The van der Waals surface area contributed by atoms with Gasteiger partial charge in [-0.25, -0.2) is 4.57 Å². The Morgan fingerprint density at radius 2 is 0.515 bits per heavy atom. The lowest BCUT2D eigenvalue weighted by Gasteiger charge is -2.19. The van der Waals surface area contributed by atoms with E-state index in [-0.39, 0.29) is 32.6 Å². The van der Waals surface area contributed by atoms with Crippen molar-refractivity contribution in [3.8, 4) is 0 Å². The average molecular weight is 1410 g/mol. The highest BCUT2D eigenvalue weighted by Crippen LogP contribution is 2.43. The zero-order valence-corrected chi connectivity index (χ0v) is 63.9. The van der Waals surface area contributed by atoms with Gasteiger partial charge in [-0.05, 0) is 180 Å². The van der Waals surface area contributed by atoms with Crippen LogP contribution >= 0.6 is 7.82 Å². The normalized spacial score (nSPS) is 14.4. The third-order valence-electron chi connectivity index (χ3n) is 15.1. The maximum atomic E-state index is 12.8. The highest BCUT2D eigenvalue weighted by molar-refractivity contribution is 7.47. The minimum absolute atomic E-state index is 0.0316. The first-order valence-electron chi connectivity index (χ1n) is 38.8. The Balaban J connectivity index is 4.06. The van der Waals surface area contributed by atoms with Crippen molar-refractivity contribution < 1.29 is 37.6 Å². The lowest BCUT2D eigenvalue weighted by Crippen LogP contribution is -2.29. The van der Waals surface area contributed by atoms with Gasteiger partial charge in [0.1, 0.15) is 6.61 Å². The van der Waals surface area contributed by atoms with Gasteiger partial charge >= 0.3 is 19.8 Å². The van der Waals surface area contributed by atoms with Gasteiger partial charge in [-0.2, -0.15) is 0 Å². The smallest absolute Gasteiger partial charge is 0.462 e. The number of phosphoric ester groups is 1. The molecule has 0 saturated carbocycles. The Hall–Kier alpha value is -6.71. The predicted octanol–water partition coefficient (Wildman–Crippen LogP) is 26.6. The maximum Gasteiger partial charge on any atom is 0.472 e. The molecule has 0 heterocycles. The van der Waals surface area contributed by atoms with Crippen LogP contribution in [-0.2, 0) is 32.7 Å². The summed E-state index contributed by atoms with van der Waals surface area (Å²) >= 11 is 0. The largest absolute Gasteiger partial charge is 0.472 e. The van der Waals surface area contributed by atoms with Crippen LogP contribution < -0.4 is 5.73 Å². The molecular formula is C91H138NO8P. The van der Waals surface area contributed by atoms with Crippen LogP contribution in [-0.4, -0.2) is 49.3 Å². The summed E-state index contributed by atoms with van der Waals surface area (Å²) in [6.45, 7) is 3.43. The minimum atomic E-state index is -4.43. The van der Waals surface area contributed by atoms with Crippen molar-refractivity contribution in [1.29, 1.82) is 0 Å². The number of carbonyl (C=O) groups excluding carboxylic acids is 2. The van der Waals surface area contributed by atoms with Gasteiger partial charge in [-0.15, -0.1) is 0 Å². The van der Waals surface area contributed by atoms with Crippen LogP contribution in [0.1, 0.15) is 258 Å². The monoisotopic (exact) mass is 1400 g/mol. The molecule has 0 bridgehead atoms. The number of nitrogens with two attached hydrogens (primary N) is 1. The second-order valence-corrected chi connectivity index (χ2v) is 25.9. The lowest BCUT2D eigenvalue weighted by atomic mass is 10.1. The molecule has 0 aromatic carbocycles. The zero-order valence-electron chi connectivity index (χ0n) is 63.0. The Bertz CT molecular complexity index is 2670. The van der Waals surface area contributed by atoms with Crippen molar-refractivity contribution in [2.24, 2.45) is 5.73 Å². The molecule has 101 heavy (non-hydrogen) atoms. The number of rotatable bonds is 69. The van der Waals surface area contributed by atoms with Crippen molar-refractivity contribution >= 4 is 19.8 Å². The van der Waals surface area contributed by atoms with Gasteiger partial charge in [0.15, 0.2) is 6.10 Å². The Morgan fingerprint density at radius 3 is 0.782 bits per heavy atom. The van der Waals surface area contributed by atoms with Gasteiger partial charge in [-0.3, -0.25) is 18.6 Å². The molecule has 0 aliphatic carbocycles. The van der Waals surface area contributed by atoms with Crippen molar-refractivity contribution in [3.63, 3.8) is 0 Å². The first-order valence-corrected chi connectivity index (χ1v) is 40.3. The molecule has 0 aliphatic rings. The van der Waals surface area contributed by atoms with E-state index >= 15 is 0 Å². The quantitative estimate of drug-likeness (QED) is 0.0264. The first kappa shape index (κ1) is 94.3. The van der Waals surface area contributed by atoms with E-state index in [4.69, 9.17) is 24.3 Å². The number of esters is 2. The molecule has 0 saturated heterocycles. The number of allylic oxidation sites excluding steroid dienone is 44. The van der Waals surface area contributed by atoms with Crippen LogP contribution in [0.3, 0.4) is 0 Å². The molecule has 0 aromatic rings. The molecule has 9 nitrogen and oxygen atoms in total. The summed E-state index contributed by atoms with van der Waals surface area (Å²) in [5, 5.41) is 0. The second-order valence-electron chi connectivity index (χ2n) is 24.4. The second kappa shape index (κ2) is 82.2. The van der Waals surface area contributed by atoms with Gasteiger partial charge < -0.3 is 20.1 Å². The summed E-state index contributed by atoms with van der Waals surface area (Å²) in [5.41, 5.74) is 5.40. The Labute approximate surface area is 617 Å². The molecule has 0 amide bonds. The van der Waals surface area contributed by atoms with Crippen molar-refractivity contribution in [1.82, 2.24) is 0 Å². The van der Waals surface area contributed by atoms with E-state index in [1.54, 1.807) is 0 Å². The molecule has 0 radical (unpaired) electrons. The number of ether oxygens (including phenoxy) is 2. The maximum absolute atomic E-state index is 12.8. The third kappa shape index (κ3) is 82.1. The summed E-state index contributed by atoms with van der Waals surface area (Å²) in [5.74, 6) is -0.904. The van der Waals surface area contributed by atoms with Gasteiger partial charge in [0.2, 0.25) is 0 Å². The van der Waals surface area contributed by atoms with E-state index in [0.29, 0.717) is 12.8 Å². The topological polar surface area (TPSA) is 134 Å². The van der Waals surface area contributed by atoms with Crippen LogP contribution in [0.5, 0.6) is 0 Å². The van der Waals surface area contributed by atoms with Crippen LogP contribution in [0, 0.1) is 0 Å². The fraction of sp³-hybridized carbons (Fsp3) is 0.495. The van der Waals surface area contributed by atoms with E-state index in [2.05, 4.69) is 281 Å². The van der Waals surface area contributed by atoms with E-state index in [1.807, 2.05) is 0 Å². The molecule has 0 rings (SSSR count). The summed E-state index contributed by atoms with van der Waals surface area (Å²) in [6.07, 6.45) is 133. The molecule has 3 N–H and O–H groups in total. The van der Waals surface area contributed by atoms with Crippen LogP contribution in [0.25, 0.3) is 0 Å².